The molecule has 6 heteroatoms. The van der Waals surface area contributed by atoms with Crippen LogP contribution in [0, 0.1) is 11.6 Å². The van der Waals surface area contributed by atoms with E-state index in [4.69, 9.17) is 0 Å². The third-order valence-electron chi connectivity index (χ3n) is 2.17. The Hall–Kier alpha value is -1.82. The van der Waals surface area contributed by atoms with Crippen LogP contribution in [-0.2, 0) is 0 Å². The highest BCUT2D eigenvalue weighted by molar-refractivity contribution is 9.10. The first-order chi connectivity index (χ1) is 8.58. The molecule has 0 fully saturated rings. The largest absolute Gasteiger partial charge is 0.306 e. The average Bonchev–Trinajstić information content (AvgIpc) is 2.35. The molecule has 1 heterocycles. The van der Waals surface area contributed by atoms with E-state index in [1.54, 1.807) is 6.07 Å². The van der Waals surface area contributed by atoms with Crippen LogP contribution in [0.5, 0.6) is 0 Å². The van der Waals surface area contributed by atoms with Crippen LogP contribution < -0.4 is 5.32 Å². The molecule has 0 aliphatic rings. The first kappa shape index (κ1) is 12.6. The van der Waals surface area contributed by atoms with Crippen molar-refractivity contribution >= 4 is 27.7 Å². The lowest BCUT2D eigenvalue weighted by atomic mass is 10.2. The average molecular weight is 313 g/mol. The molecule has 0 bridgehead atoms. The number of anilines is 1. The van der Waals surface area contributed by atoms with Gasteiger partial charge in [-0.1, -0.05) is 6.07 Å². The molecule has 18 heavy (non-hydrogen) atoms. The quantitative estimate of drug-likeness (QED) is 0.923. The Morgan fingerprint density at radius 3 is 2.67 bits per heavy atom. The van der Waals surface area contributed by atoms with Gasteiger partial charge in [0.2, 0.25) is 0 Å². The van der Waals surface area contributed by atoms with Crippen molar-refractivity contribution in [3.8, 4) is 0 Å². The van der Waals surface area contributed by atoms with Crippen LogP contribution >= 0.6 is 15.9 Å². The molecule has 92 valence electrons. The predicted octanol–water partition coefficient (Wildman–Crippen LogP) is 3.37. The van der Waals surface area contributed by atoms with Gasteiger partial charge in [0, 0.05) is 0 Å². The molecule has 1 amide bonds. The first-order valence-corrected chi connectivity index (χ1v) is 5.74. The smallest absolute Gasteiger partial charge is 0.259 e. The van der Waals surface area contributed by atoms with Gasteiger partial charge in [-0.15, -0.1) is 0 Å². The summed E-state index contributed by atoms with van der Waals surface area (Å²) in [6.45, 7) is 0. The van der Waals surface area contributed by atoms with E-state index in [-0.39, 0.29) is 15.9 Å². The number of aromatic nitrogens is 1. The molecule has 2 rings (SSSR count). The number of carbonyl (C=O) groups excluding carboxylic acids is 1. The van der Waals surface area contributed by atoms with Gasteiger partial charge in [0.1, 0.15) is 17.5 Å². The van der Waals surface area contributed by atoms with Gasteiger partial charge in [-0.2, -0.15) is 0 Å². The van der Waals surface area contributed by atoms with Crippen LogP contribution in [-0.4, -0.2) is 10.9 Å². The van der Waals surface area contributed by atoms with Crippen LogP contribution in [0.15, 0.2) is 41.0 Å². The maximum atomic E-state index is 13.6. The number of carbonyl (C=O) groups is 1. The second-order valence-corrected chi connectivity index (χ2v) is 4.27. The van der Waals surface area contributed by atoms with Crippen molar-refractivity contribution in [3.63, 3.8) is 0 Å². The second kappa shape index (κ2) is 5.22. The Morgan fingerprint density at radius 2 is 2.00 bits per heavy atom. The van der Waals surface area contributed by atoms with Crippen molar-refractivity contribution in [2.75, 3.05) is 5.32 Å². The Bertz CT molecular complexity index is 587. The van der Waals surface area contributed by atoms with Gasteiger partial charge < -0.3 is 5.32 Å². The van der Waals surface area contributed by atoms with E-state index in [1.165, 1.54) is 18.2 Å². The lowest BCUT2D eigenvalue weighted by Crippen LogP contribution is -2.14. The van der Waals surface area contributed by atoms with Gasteiger partial charge in [0.15, 0.2) is 0 Å². The number of hydrogen-bond acceptors (Lipinski definition) is 2. The fraction of sp³-hybridized carbons (Fsp3) is 0. The molecular weight excluding hydrogens is 306 g/mol. The minimum absolute atomic E-state index is 0.115. The van der Waals surface area contributed by atoms with Crippen molar-refractivity contribution in [1.82, 2.24) is 4.98 Å². The number of hydrogen-bond donors (Lipinski definition) is 1. The molecule has 0 aliphatic carbocycles. The monoisotopic (exact) mass is 312 g/mol. The van der Waals surface area contributed by atoms with Crippen LogP contribution in [0.2, 0.25) is 0 Å². The molecule has 3 nitrogen and oxygen atoms in total. The van der Waals surface area contributed by atoms with Crippen LogP contribution in [0.3, 0.4) is 0 Å². The van der Waals surface area contributed by atoms with E-state index in [0.717, 1.165) is 12.3 Å². The fourth-order valence-electron chi connectivity index (χ4n) is 1.31. The molecule has 1 aromatic carbocycles. The summed E-state index contributed by atoms with van der Waals surface area (Å²) in [5, 5.41) is 2.38. The maximum absolute atomic E-state index is 13.6. The van der Waals surface area contributed by atoms with Gasteiger partial charge in [0.25, 0.3) is 5.91 Å². The zero-order chi connectivity index (χ0) is 13.1. The van der Waals surface area contributed by atoms with Crippen LogP contribution in [0.25, 0.3) is 0 Å². The Balaban J connectivity index is 2.22. The summed E-state index contributed by atoms with van der Waals surface area (Å²) in [6.07, 6.45) is 0.965. The van der Waals surface area contributed by atoms with Crippen molar-refractivity contribution in [2.45, 2.75) is 0 Å². The molecule has 0 atom stereocenters. The third kappa shape index (κ3) is 2.70. The van der Waals surface area contributed by atoms with Gasteiger partial charge in [0.05, 0.1) is 16.2 Å². The highest BCUT2D eigenvalue weighted by Crippen LogP contribution is 2.19. The zero-order valence-electron chi connectivity index (χ0n) is 8.95. The van der Waals surface area contributed by atoms with Gasteiger partial charge >= 0.3 is 0 Å². The Morgan fingerprint density at radius 1 is 1.22 bits per heavy atom. The number of rotatable bonds is 2. The van der Waals surface area contributed by atoms with Crippen LogP contribution in [0.4, 0.5) is 14.6 Å². The number of nitrogens with one attached hydrogen (secondary N) is 1. The minimum atomic E-state index is -0.655. The van der Waals surface area contributed by atoms with Crippen LogP contribution in [0.1, 0.15) is 10.4 Å². The summed E-state index contributed by atoms with van der Waals surface area (Å²) in [4.78, 5) is 15.4. The topological polar surface area (TPSA) is 42.0 Å². The van der Waals surface area contributed by atoms with Crippen molar-refractivity contribution in [3.05, 3.63) is 58.2 Å². The summed E-state index contributed by atoms with van der Waals surface area (Å²) < 4.78 is 26.4. The normalized spacial score (nSPS) is 10.2. The van der Waals surface area contributed by atoms with Gasteiger partial charge in [-0.05, 0) is 40.2 Å². The van der Waals surface area contributed by atoms with E-state index in [2.05, 4.69) is 26.2 Å². The SMILES string of the molecule is O=C(Nc1ccc(F)cn1)c1cccc(Br)c1F. The molecule has 2 aromatic rings. The molecule has 0 unspecified atom stereocenters. The molecule has 1 N–H and O–H groups in total. The summed E-state index contributed by atoms with van der Waals surface area (Å²) in [6, 6.07) is 6.82. The summed E-state index contributed by atoms with van der Waals surface area (Å²) in [5.74, 6) is -1.66. The van der Waals surface area contributed by atoms with Crippen molar-refractivity contribution < 1.29 is 13.6 Å². The molecule has 0 aliphatic heterocycles. The molecule has 0 spiro atoms. The lowest BCUT2D eigenvalue weighted by molar-refractivity contribution is 0.102. The third-order valence-corrected chi connectivity index (χ3v) is 2.78. The van der Waals surface area contributed by atoms with Crippen molar-refractivity contribution in [1.29, 1.82) is 0 Å². The van der Waals surface area contributed by atoms with E-state index in [9.17, 15) is 13.6 Å². The zero-order valence-corrected chi connectivity index (χ0v) is 10.5. The molecular formula is C12H7BrF2N2O. The Kier molecular flexibility index (Phi) is 3.66. The fourth-order valence-corrected chi connectivity index (χ4v) is 1.68. The standard InChI is InChI=1S/C12H7BrF2N2O/c13-9-3-1-2-8(11(9)15)12(18)17-10-5-4-7(14)6-16-10/h1-6H,(H,16,17,18). The second-order valence-electron chi connectivity index (χ2n) is 3.42. The summed E-state index contributed by atoms with van der Waals surface area (Å²) in [7, 11) is 0. The van der Waals surface area contributed by atoms with Gasteiger partial charge in [-0.3, -0.25) is 4.79 Å². The van der Waals surface area contributed by atoms with Gasteiger partial charge in [-0.25, -0.2) is 13.8 Å². The predicted molar refractivity (Wildman–Crippen MR) is 66.2 cm³/mol. The molecule has 0 radical (unpaired) electrons. The highest BCUT2D eigenvalue weighted by Gasteiger charge is 2.14. The highest BCUT2D eigenvalue weighted by atomic mass is 79.9. The molecule has 0 saturated carbocycles. The van der Waals surface area contributed by atoms with Crippen molar-refractivity contribution in [2.24, 2.45) is 0 Å². The number of amides is 1. The molecule has 1 aromatic heterocycles. The number of pyridine rings is 1. The maximum Gasteiger partial charge on any atom is 0.259 e. The van der Waals surface area contributed by atoms with E-state index < -0.39 is 17.5 Å². The van der Waals surface area contributed by atoms with E-state index >= 15 is 0 Å². The lowest BCUT2D eigenvalue weighted by Gasteiger charge is -2.06. The van der Waals surface area contributed by atoms with E-state index in [0.29, 0.717) is 0 Å². The number of halogens is 3. The number of nitrogens with zero attached hydrogens (tertiary/aromatic N) is 1. The minimum Gasteiger partial charge on any atom is -0.306 e. The summed E-state index contributed by atoms with van der Waals surface area (Å²) in [5.41, 5.74) is -0.115. The number of benzene rings is 1. The summed E-state index contributed by atoms with van der Waals surface area (Å²) >= 11 is 2.99. The first-order valence-electron chi connectivity index (χ1n) is 4.95. The Labute approximate surface area is 110 Å². The molecule has 0 saturated heterocycles. The van der Waals surface area contributed by atoms with E-state index in [1.807, 2.05) is 0 Å².